The van der Waals surface area contributed by atoms with Gasteiger partial charge in [-0.25, -0.2) is 0 Å². The van der Waals surface area contributed by atoms with Crippen LogP contribution in [0.2, 0.25) is 0 Å². The Morgan fingerprint density at radius 2 is 0.897 bits per heavy atom. The van der Waals surface area contributed by atoms with Gasteiger partial charge in [0.05, 0.1) is 25.2 Å². The third kappa shape index (κ3) is 40.6. The molecule has 6 nitrogen and oxygen atoms in total. The summed E-state index contributed by atoms with van der Waals surface area (Å²) in [5.74, 6) is -0.505. The van der Waals surface area contributed by atoms with Crippen LogP contribution in [0, 0.1) is 0 Å². The molecule has 6 heteroatoms. The second-order valence-electron chi connectivity index (χ2n) is 16.9. The molecule has 0 rings (SSSR count). The highest BCUT2D eigenvalue weighted by molar-refractivity contribution is 5.77. The van der Waals surface area contributed by atoms with Gasteiger partial charge in [-0.3, -0.25) is 9.59 Å². The first-order valence-electron chi connectivity index (χ1n) is 24.9. The lowest BCUT2D eigenvalue weighted by Crippen LogP contribution is -2.46. The Hall–Kier alpha value is -2.18. The van der Waals surface area contributed by atoms with Crippen LogP contribution in [0.5, 0.6) is 0 Å². The van der Waals surface area contributed by atoms with Gasteiger partial charge in [0, 0.05) is 6.42 Å². The molecule has 0 aromatic heterocycles. The van der Waals surface area contributed by atoms with E-state index >= 15 is 0 Å². The number of esters is 1. The van der Waals surface area contributed by atoms with Crippen molar-refractivity contribution in [1.82, 2.24) is 5.32 Å². The highest BCUT2D eigenvalue weighted by atomic mass is 16.5. The van der Waals surface area contributed by atoms with E-state index in [9.17, 15) is 19.8 Å². The van der Waals surface area contributed by atoms with Crippen molar-refractivity contribution in [3.8, 4) is 0 Å². The maximum Gasteiger partial charge on any atom is 0.306 e. The molecular formula is C52H95NO5. The minimum atomic E-state index is -0.794. The number of nitrogens with one attached hydrogen (secondary N) is 1. The Labute approximate surface area is 359 Å². The van der Waals surface area contributed by atoms with Crippen LogP contribution in [0.25, 0.3) is 0 Å². The van der Waals surface area contributed by atoms with Crippen molar-refractivity contribution in [1.29, 1.82) is 0 Å². The van der Waals surface area contributed by atoms with Crippen LogP contribution in [0.4, 0.5) is 0 Å². The molecule has 0 aromatic carbocycles. The van der Waals surface area contributed by atoms with Gasteiger partial charge < -0.3 is 20.3 Å². The molecule has 0 aliphatic heterocycles. The molecule has 0 aromatic rings. The third-order valence-electron chi connectivity index (χ3n) is 11.1. The second-order valence-corrected chi connectivity index (χ2v) is 16.9. The quantitative estimate of drug-likeness (QED) is 0.0323. The molecule has 0 bridgehead atoms. The number of aliphatic hydroxyl groups is 2. The molecule has 3 atom stereocenters. The van der Waals surface area contributed by atoms with E-state index < -0.39 is 18.2 Å². The molecule has 0 spiro atoms. The second kappa shape index (κ2) is 45.9. The molecule has 3 N–H and O–H groups in total. The third-order valence-corrected chi connectivity index (χ3v) is 11.1. The molecule has 0 aliphatic rings. The van der Waals surface area contributed by atoms with Gasteiger partial charge in [0.1, 0.15) is 6.10 Å². The zero-order chi connectivity index (χ0) is 42.4. The van der Waals surface area contributed by atoms with Crippen molar-refractivity contribution in [3.63, 3.8) is 0 Å². The Morgan fingerprint density at radius 3 is 1.43 bits per heavy atom. The fraction of sp³-hybridized carbons (Fsp3) is 0.808. The van der Waals surface area contributed by atoms with Gasteiger partial charge in [-0.15, -0.1) is 0 Å². The maximum atomic E-state index is 13.2. The van der Waals surface area contributed by atoms with Crippen LogP contribution in [0.3, 0.4) is 0 Å². The summed E-state index contributed by atoms with van der Waals surface area (Å²) < 4.78 is 5.91. The average molecular weight is 814 g/mol. The summed E-state index contributed by atoms with van der Waals surface area (Å²) in [4.78, 5) is 26.1. The van der Waals surface area contributed by atoms with Gasteiger partial charge in [0.2, 0.25) is 5.91 Å². The van der Waals surface area contributed by atoms with Crippen LogP contribution in [-0.4, -0.2) is 46.9 Å². The van der Waals surface area contributed by atoms with Crippen LogP contribution < -0.4 is 5.32 Å². The number of aliphatic hydroxyl groups excluding tert-OH is 2. The summed E-state index contributed by atoms with van der Waals surface area (Å²) in [6, 6.07) is -0.709. The van der Waals surface area contributed by atoms with E-state index in [1.807, 2.05) is 0 Å². The van der Waals surface area contributed by atoms with Gasteiger partial charge in [-0.05, 0) is 83.5 Å². The molecule has 3 unspecified atom stereocenters. The lowest BCUT2D eigenvalue weighted by atomic mass is 10.0. The van der Waals surface area contributed by atoms with Gasteiger partial charge in [0.25, 0.3) is 0 Å². The van der Waals surface area contributed by atoms with Crippen molar-refractivity contribution < 1.29 is 24.5 Å². The monoisotopic (exact) mass is 814 g/mol. The molecule has 1 amide bonds. The molecule has 58 heavy (non-hydrogen) atoms. The Balaban J connectivity index is 4.65. The number of carbonyl (C=O) groups excluding carboxylic acids is 2. The van der Waals surface area contributed by atoms with Crippen LogP contribution in [0.1, 0.15) is 245 Å². The largest absolute Gasteiger partial charge is 0.462 e. The number of ether oxygens (including phenoxy) is 1. The SMILES string of the molecule is CCCC/C=C\CCCCCCCC(=O)OC(CCCCCC/C=C\C/C=C\C/C=C\CCCCC)CC(=O)NC(CO)C(O)CCCCCCCCCCCCC. The standard InChI is InChI=1S/C52H95NO5/c1-4-7-10-13-16-19-22-23-24-25-26-27-30-31-34-37-40-43-48(58-52(57)45-42-39-36-33-29-21-18-15-12-9-6-3)46-51(56)53-49(47-54)50(55)44-41-38-35-32-28-20-17-14-11-8-5-2/h15-16,18-19,23-24,26-27,48-50,54-55H,4-14,17,20-22,25,28-47H2,1-3H3,(H,53,56)/b18-15-,19-16-,24-23-,27-26-. The summed E-state index contributed by atoms with van der Waals surface area (Å²) in [6.45, 7) is 6.40. The predicted octanol–water partition coefficient (Wildman–Crippen LogP) is 14.7. The molecule has 0 saturated carbocycles. The number of amides is 1. The van der Waals surface area contributed by atoms with E-state index in [4.69, 9.17) is 4.74 Å². The minimum Gasteiger partial charge on any atom is -0.462 e. The fourth-order valence-corrected chi connectivity index (χ4v) is 7.30. The van der Waals surface area contributed by atoms with Gasteiger partial charge in [-0.1, -0.05) is 198 Å². The Morgan fingerprint density at radius 1 is 0.500 bits per heavy atom. The van der Waals surface area contributed by atoms with Crippen LogP contribution in [0.15, 0.2) is 48.6 Å². The number of rotatable bonds is 44. The zero-order valence-electron chi connectivity index (χ0n) is 38.4. The summed E-state index contributed by atoms with van der Waals surface area (Å²) in [6.07, 6.45) is 54.5. The minimum absolute atomic E-state index is 0.0596. The van der Waals surface area contributed by atoms with Crippen LogP contribution in [-0.2, 0) is 14.3 Å². The number of allylic oxidation sites excluding steroid dienone is 8. The van der Waals surface area contributed by atoms with Crippen molar-refractivity contribution in [2.24, 2.45) is 0 Å². The van der Waals surface area contributed by atoms with Gasteiger partial charge in [-0.2, -0.15) is 0 Å². The predicted molar refractivity (Wildman–Crippen MR) is 250 cm³/mol. The van der Waals surface area contributed by atoms with Crippen LogP contribution >= 0.6 is 0 Å². The first-order chi connectivity index (χ1) is 28.5. The van der Waals surface area contributed by atoms with E-state index in [2.05, 4.69) is 74.7 Å². The highest BCUT2D eigenvalue weighted by Crippen LogP contribution is 2.17. The van der Waals surface area contributed by atoms with E-state index in [0.29, 0.717) is 19.3 Å². The van der Waals surface area contributed by atoms with E-state index in [1.54, 1.807) is 0 Å². The molecule has 0 saturated heterocycles. The lowest BCUT2D eigenvalue weighted by Gasteiger charge is -2.24. The van der Waals surface area contributed by atoms with Gasteiger partial charge in [0.15, 0.2) is 0 Å². The molecule has 0 heterocycles. The summed E-state index contributed by atoms with van der Waals surface area (Å²) in [5, 5.41) is 23.7. The molecule has 338 valence electrons. The summed E-state index contributed by atoms with van der Waals surface area (Å²) in [7, 11) is 0. The number of hydrogen-bond acceptors (Lipinski definition) is 5. The summed E-state index contributed by atoms with van der Waals surface area (Å²) in [5.41, 5.74) is 0. The molecule has 0 radical (unpaired) electrons. The topological polar surface area (TPSA) is 95.9 Å². The first-order valence-corrected chi connectivity index (χ1v) is 24.9. The van der Waals surface area contributed by atoms with Crippen molar-refractivity contribution >= 4 is 11.9 Å². The Bertz CT molecular complexity index is 1000. The highest BCUT2D eigenvalue weighted by Gasteiger charge is 2.24. The van der Waals surface area contributed by atoms with Crippen molar-refractivity contribution in [3.05, 3.63) is 48.6 Å². The van der Waals surface area contributed by atoms with Gasteiger partial charge >= 0.3 is 5.97 Å². The lowest BCUT2D eigenvalue weighted by molar-refractivity contribution is -0.151. The number of hydrogen-bond donors (Lipinski definition) is 3. The van der Waals surface area contributed by atoms with E-state index in [0.717, 1.165) is 89.9 Å². The maximum absolute atomic E-state index is 13.2. The number of unbranched alkanes of at least 4 members (excludes halogenated alkanes) is 24. The first kappa shape index (κ1) is 55.8. The normalized spacial score (nSPS) is 13.7. The number of carbonyl (C=O) groups is 2. The smallest absolute Gasteiger partial charge is 0.306 e. The molecule has 0 fully saturated rings. The zero-order valence-corrected chi connectivity index (χ0v) is 38.4. The summed E-state index contributed by atoms with van der Waals surface area (Å²) >= 11 is 0. The molecule has 0 aliphatic carbocycles. The fourth-order valence-electron chi connectivity index (χ4n) is 7.30. The van der Waals surface area contributed by atoms with Crippen molar-refractivity contribution in [2.45, 2.75) is 264 Å². The Kier molecular flexibility index (Phi) is 44.2. The van der Waals surface area contributed by atoms with E-state index in [-0.39, 0.29) is 24.9 Å². The average Bonchev–Trinajstić information content (AvgIpc) is 3.22. The van der Waals surface area contributed by atoms with Crippen molar-refractivity contribution in [2.75, 3.05) is 6.61 Å². The molecular weight excluding hydrogens is 719 g/mol. The van der Waals surface area contributed by atoms with E-state index in [1.165, 1.54) is 109 Å².